The standard InChI is InChI=1S/C29H31FN8O3/c1-18-17-38(19(2)16-37(18)24-14-25(39)35(3)23-9-8-22(15-31)32-26(23)24)27(20-4-6-21(30)7-5-20)28-33-29(34-41-28)36-10-12-40-13-11-36/h4-9,14,18-19,27H,10-13,16-17H2,1-3H3/t18-,19+,27?/m0/s1. The van der Waals surface area contributed by atoms with Gasteiger partial charge in [-0.3, -0.25) is 9.69 Å². The lowest BCUT2D eigenvalue weighted by molar-refractivity contribution is 0.110. The maximum Gasteiger partial charge on any atom is 0.266 e. The van der Waals surface area contributed by atoms with Crippen molar-refractivity contribution in [3.8, 4) is 6.07 Å². The Kier molecular flexibility index (Phi) is 7.15. The van der Waals surface area contributed by atoms with E-state index in [1.165, 1.54) is 12.1 Å². The molecule has 2 saturated heterocycles. The molecule has 2 fully saturated rings. The molecule has 2 aliphatic rings. The largest absolute Gasteiger partial charge is 0.378 e. The van der Waals surface area contributed by atoms with E-state index in [1.54, 1.807) is 41.9 Å². The number of hydrogen-bond donors (Lipinski definition) is 0. The Morgan fingerprint density at radius 1 is 1.05 bits per heavy atom. The van der Waals surface area contributed by atoms with Crippen LogP contribution in [0.1, 0.15) is 37.0 Å². The van der Waals surface area contributed by atoms with Crippen LogP contribution in [0.15, 0.2) is 51.8 Å². The van der Waals surface area contributed by atoms with Crippen LogP contribution in [0.4, 0.5) is 16.0 Å². The second kappa shape index (κ2) is 10.9. The van der Waals surface area contributed by atoms with Crippen LogP contribution in [-0.4, -0.2) is 76.1 Å². The summed E-state index contributed by atoms with van der Waals surface area (Å²) >= 11 is 0. The molecule has 1 aromatic carbocycles. The van der Waals surface area contributed by atoms with E-state index < -0.39 is 6.04 Å². The third kappa shape index (κ3) is 5.03. The van der Waals surface area contributed by atoms with Gasteiger partial charge in [0.05, 0.1) is 24.4 Å². The summed E-state index contributed by atoms with van der Waals surface area (Å²) in [5.74, 6) is 0.630. The first-order valence-electron chi connectivity index (χ1n) is 13.7. The van der Waals surface area contributed by atoms with Gasteiger partial charge in [0.15, 0.2) is 0 Å². The van der Waals surface area contributed by atoms with Crippen molar-refractivity contribution in [2.75, 3.05) is 49.2 Å². The van der Waals surface area contributed by atoms with Gasteiger partial charge >= 0.3 is 0 Å². The normalized spacial score (nSPS) is 20.8. The molecule has 12 heteroatoms. The van der Waals surface area contributed by atoms with Crippen LogP contribution in [0.2, 0.25) is 0 Å². The van der Waals surface area contributed by atoms with E-state index >= 15 is 0 Å². The Bertz CT molecular complexity index is 1660. The van der Waals surface area contributed by atoms with E-state index in [0.29, 0.717) is 73.6 Å². The zero-order valence-electron chi connectivity index (χ0n) is 23.2. The summed E-state index contributed by atoms with van der Waals surface area (Å²) in [6.07, 6.45) is 0. The average Bonchev–Trinajstić information content (AvgIpc) is 3.48. The van der Waals surface area contributed by atoms with Crippen molar-refractivity contribution in [2.45, 2.75) is 32.0 Å². The molecule has 5 heterocycles. The molecule has 41 heavy (non-hydrogen) atoms. The van der Waals surface area contributed by atoms with Crippen LogP contribution < -0.4 is 15.4 Å². The van der Waals surface area contributed by atoms with Crippen LogP contribution >= 0.6 is 0 Å². The number of pyridine rings is 2. The van der Waals surface area contributed by atoms with E-state index in [2.05, 4.69) is 39.9 Å². The third-order valence-electron chi connectivity index (χ3n) is 8.00. The summed E-state index contributed by atoms with van der Waals surface area (Å²) < 4.78 is 26.8. The fraction of sp³-hybridized carbons (Fsp3) is 0.414. The SMILES string of the molecule is C[C@@H]1CN(c2cc(=O)n(C)c3ccc(C#N)nc23)[C@@H](C)CN1C(c1ccc(F)cc1)c1nc(N2CCOCC2)no1. The first-order chi connectivity index (χ1) is 19.8. The molecule has 3 atom stereocenters. The zero-order valence-corrected chi connectivity index (χ0v) is 23.2. The third-order valence-corrected chi connectivity index (χ3v) is 8.00. The van der Waals surface area contributed by atoms with Crippen molar-refractivity contribution in [1.82, 2.24) is 24.6 Å². The number of aromatic nitrogens is 4. The summed E-state index contributed by atoms with van der Waals surface area (Å²) in [5.41, 5.74) is 2.97. The maximum absolute atomic E-state index is 13.9. The topological polar surface area (TPSA) is 117 Å². The summed E-state index contributed by atoms with van der Waals surface area (Å²) in [5, 5.41) is 13.8. The van der Waals surface area contributed by atoms with Gasteiger partial charge in [0.25, 0.3) is 11.5 Å². The molecule has 0 radical (unpaired) electrons. The van der Waals surface area contributed by atoms with Crippen LogP contribution in [-0.2, 0) is 11.8 Å². The van der Waals surface area contributed by atoms with Gasteiger partial charge in [-0.2, -0.15) is 10.2 Å². The Balaban J connectivity index is 1.36. The van der Waals surface area contributed by atoms with Gasteiger partial charge in [0, 0.05) is 51.4 Å². The van der Waals surface area contributed by atoms with Crippen molar-refractivity contribution >= 4 is 22.7 Å². The fourth-order valence-electron chi connectivity index (χ4n) is 5.79. The molecule has 0 saturated carbocycles. The number of benzene rings is 1. The van der Waals surface area contributed by atoms with Gasteiger partial charge in [-0.15, -0.1) is 0 Å². The first kappa shape index (κ1) is 26.9. The van der Waals surface area contributed by atoms with Crippen LogP contribution in [0.3, 0.4) is 0 Å². The number of nitriles is 1. The van der Waals surface area contributed by atoms with Crippen molar-refractivity contribution in [3.63, 3.8) is 0 Å². The van der Waals surface area contributed by atoms with E-state index in [4.69, 9.17) is 14.2 Å². The molecular formula is C29H31FN8O3. The van der Waals surface area contributed by atoms with E-state index in [9.17, 15) is 14.4 Å². The minimum atomic E-state index is -0.402. The molecule has 0 amide bonds. The number of ether oxygens (including phenoxy) is 1. The van der Waals surface area contributed by atoms with Gasteiger partial charge in [-0.25, -0.2) is 9.37 Å². The summed E-state index contributed by atoms with van der Waals surface area (Å²) in [7, 11) is 1.70. The minimum Gasteiger partial charge on any atom is -0.378 e. The summed E-state index contributed by atoms with van der Waals surface area (Å²) in [6.45, 7) is 7.92. The van der Waals surface area contributed by atoms with Crippen LogP contribution in [0.5, 0.6) is 0 Å². The highest BCUT2D eigenvalue weighted by Crippen LogP contribution is 2.36. The second-order valence-corrected chi connectivity index (χ2v) is 10.6. The predicted molar refractivity (Wildman–Crippen MR) is 150 cm³/mol. The number of rotatable bonds is 5. The quantitative estimate of drug-likeness (QED) is 0.362. The second-order valence-electron chi connectivity index (χ2n) is 10.6. The molecule has 6 rings (SSSR count). The molecule has 0 N–H and O–H groups in total. The highest BCUT2D eigenvalue weighted by molar-refractivity contribution is 5.89. The first-order valence-corrected chi connectivity index (χ1v) is 13.7. The number of halogens is 1. The zero-order chi connectivity index (χ0) is 28.7. The molecule has 1 unspecified atom stereocenters. The lowest BCUT2D eigenvalue weighted by atomic mass is 9.98. The number of morpholine rings is 1. The maximum atomic E-state index is 13.9. The Hall–Kier alpha value is -4.34. The molecule has 4 aromatic rings. The lowest BCUT2D eigenvalue weighted by Gasteiger charge is -2.47. The Labute approximate surface area is 236 Å². The monoisotopic (exact) mass is 558 g/mol. The highest BCUT2D eigenvalue weighted by atomic mass is 19.1. The molecule has 0 aliphatic carbocycles. The van der Waals surface area contributed by atoms with Crippen molar-refractivity contribution in [2.24, 2.45) is 7.05 Å². The number of fused-ring (bicyclic) bond motifs is 1. The number of piperazine rings is 1. The molecule has 3 aromatic heterocycles. The number of aryl methyl sites for hydroxylation is 1. The molecule has 2 aliphatic heterocycles. The van der Waals surface area contributed by atoms with Gasteiger partial charge in [0.1, 0.15) is 29.1 Å². The number of anilines is 2. The fourth-order valence-corrected chi connectivity index (χ4v) is 5.79. The summed E-state index contributed by atoms with van der Waals surface area (Å²) in [6, 6.07) is 13.0. The number of nitrogens with zero attached hydrogens (tertiary/aromatic N) is 8. The molecule has 0 bridgehead atoms. The average molecular weight is 559 g/mol. The molecular weight excluding hydrogens is 527 g/mol. The number of hydrogen-bond acceptors (Lipinski definition) is 10. The van der Waals surface area contributed by atoms with E-state index in [-0.39, 0.29) is 23.5 Å². The molecule has 0 spiro atoms. The van der Waals surface area contributed by atoms with E-state index in [0.717, 1.165) is 5.56 Å². The molecule has 11 nitrogen and oxygen atoms in total. The van der Waals surface area contributed by atoms with Crippen LogP contribution in [0.25, 0.3) is 11.0 Å². The van der Waals surface area contributed by atoms with Gasteiger partial charge in [0.2, 0.25) is 5.89 Å². The Morgan fingerprint density at radius 2 is 1.80 bits per heavy atom. The van der Waals surface area contributed by atoms with Gasteiger partial charge in [-0.1, -0.05) is 12.1 Å². The van der Waals surface area contributed by atoms with Crippen LogP contribution in [0, 0.1) is 17.1 Å². The van der Waals surface area contributed by atoms with E-state index in [1.807, 2.05) is 4.90 Å². The highest BCUT2D eigenvalue weighted by Gasteiger charge is 2.38. The Morgan fingerprint density at radius 3 is 2.54 bits per heavy atom. The lowest BCUT2D eigenvalue weighted by Crippen LogP contribution is -2.57. The van der Waals surface area contributed by atoms with Gasteiger partial charge < -0.3 is 23.6 Å². The smallest absolute Gasteiger partial charge is 0.266 e. The summed E-state index contributed by atoms with van der Waals surface area (Å²) in [4.78, 5) is 28.8. The van der Waals surface area contributed by atoms with Crippen molar-refractivity contribution in [3.05, 3.63) is 75.8 Å². The molecule has 212 valence electrons. The van der Waals surface area contributed by atoms with Crippen molar-refractivity contribution < 1.29 is 13.7 Å². The minimum absolute atomic E-state index is 0.0294. The van der Waals surface area contributed by atoms with Gasteiger partial charge in [-0.05, 0) is 48.8 Å². The van der Waals surface area contributed by atoms with Crippen molar-refractivity contribution in [1.29, 1.82) is 5.26 Å². The predicted octanol–water partition coefficient (Wildman–Crippen LogP) is 2.85.